The van der Waals surface area contributed by atoms with Crippen molar-refractivity contribution in [2.45, 2.75) is 39.1 Å². The molecule has 2 aromatic rings. The first-order valence-corrected chi connectivity index (χ1v) is 7.25. The molecular weight excluding hydrogens is 244 g/mol. The van der Waals surface area contributed by atoms with E-state index in [1.165, 1.54) is 23.9 Å². The fourth-order valence-corrected chi connectivity index (χ4v) is 2.95. The van der Waals surface area contributed by atoms with Gasteiger partial charge in [0.1, 0.15) is 5.82 Å². The summed E-state index contributed by atoms with van der Waals surface area (Å²) in [4.78, 5) is 4.69. The Bertz CT molecular complexity index is 569. The summed E-state index contributed by atoms with van der Waals surface area (Å²) in [5.41, 5.74) is 3.57. The number of rotatable bonds is 4. The van der Waals surface area contributed by atoms with E-state index in [9.17, 15) is 0 Å². The maximum Gasteiger partial charge on any atom is 0.124 e. The van der Waals surface area contributed by atoms with Gasteiger partial charge in [-0.3, -0.25) is 0 Å². The van der Waals surface area contributed by atoms with Crippen molar-refractivity contribution < 1.29 is 0 Å². The molecule has 0 radical (unpaired) electrons. The second-order valence-electron chi connectivity index (χ2n) is 5.53. The predicted molar refractivity (Wildman–Crippen MR) is 75.9 cm³/mol. The summed E-state index contributed by atoms with van der Waals surface area (Å²) in [7, 11) is 0. The lowest BCUT2D eigenvalue weighted by molar-refractivity contribution is 0.431. The van der Waals surface area contributed by atoms with Crippen LogP contribution >= 0.6 is 11.6 Å². The molecule has 2 nitrogen and oxygen atoms in total. The van der Waals surface area contributed by atoms with Gasteiger partial charge in [-0.05, 0) is 43.2 Å². The summed E-state index contributed by atoms with van der Waals surface area (Å²) in [6.07, 6.45) is 2.78. The number of alkyl halides is 1. The maximum absolute atomic E-state index is 6.05. The number of para-hydroxylation sites is 1. The van der Waals surface area contributed by atoms with Gasteiger partial charge in [0.2, 0.25) is 0 Å². The highest BCUT2D eigenvalue weighted by Crippen LogP contribution is 2.38. The van der Waals surface area contributed by atoms with Crippen molar-refractivity contribution in [2.24, 2.45) is 11.8 Å². The number of hydrogen-bond donors (Lipinski definition) is 0. The van der Waals surface area contributed by atoms with Gasteiger partial charge in [-0.15, -0.1) is 11.6 Å². The summed E-state index contributed by atoms with van der Waals surface area (Å²) in [6, 6.07) is 6.38. The van der Waals surface area contributed by atoms with Crippen LogP contribution in [-0.4, -0.2) is 9.55 Å². The van der Waals surface area contributed by atoms with E-state index in [0.29, 0.717) is 5.88 Å². The SMILES string of the molecule is Cc1cccc2c1nc(CCl)n2CC(C)C1CC1. The third-order valence-electron chi connectivity index (χ3n) is 4.08. The minimum Gasteiger partial charge on any atom is -0.327 e. The number of aromatic nitrogens is 2. The molecule has 3 heteroatoms. The third kappa shape index (κ3) is 2.03. The largest absolute Gasteiger partial charge is 0.327 e. The Morgan fingerprint density at radius 1 is 1.44 bits per heavy atom. The minimum absolute atomic E-state index is 0.492. The number of fused-ring (bicyclic) bond motifs is 1. The summed E-state index contributed by atoms with van der Waals surface area (Å²) in [6.45, 7) is 5.51. The topological polar surface area (TPSA) is 17.8 Å². The molecule has 1 aliphatic rings. The van der Waals surface area contributed by atoms with Crippen molar-refractivity contribution >= 4 is 22.6 Å². The van der Waals surface area contributed by atoms with Crippen LogP contribution in [0.4, 0.5) is 0 Å². The molecule has 0 saturated heterocycles. The van der Waals surface area contributed by atoms with E-state index in [2.05, 4.69) is 36.6 Å². The van der Waals surface area contributed by atoms with Crippen molar-refractivity contribution in [1.29, 1.82) is 0 Å². The monoisotopic (exact) mass is 262 g/mol. The average molecular weight is 263 g/mol. The maximum atomic E-state index is 6.05. The molecule has 18 heavy (non-hydrogen) atoms. The van der Waals surface area contributed by atoms with Crippen LogP contribution in [0.15, 0.2) is 18.2 Å². The van der Waals surface area contributed by atoms with Gasteiger partial charge in [0.25, 0.3) is 0 Å². The highest BCUT2D eigenvalue weighted by Gasteiger charge is 2.28. The number of halogens is 1. The van der Waals surface area contributed by atoms with Crippen LogP contribution in [0.5, 0.6) is 0 Å². The first-order valence-electron chi connectivity index (χ1n) is 6.71. The molecule has 0 aliphatic heterocycles. The van der Waals surface area contributed by atoms with Crippen molar-refractivity contribution in [3.8, 4) is 0 Å². The van der Waals surface area contributed by atoms with Gasteiger partial charge < -0.3 is 4.57 Å². The van der Waals surface area contributed by atoms with E-state index < -0.39 is 0 Å². The average Bonchev–Trinajstić information content (AvgIpc) is 3.15. The lowest BCUT2D eigenvalue weighted by Gasteiger charge is -2.14. The summed E-state index contributed by atoms with van der Waals surface area (Å²) in [5.74, 6) is 3.14. The molecule has 0 N–H and O–H groups in total. The summed E-state index contributed by atoms with van der Waals surface area (Å²) >= 11 is 6.05. The second kappa shape index (κ2) is 4.58. The van der Waals surface area contributed by atoms with E-state index in [1.54, 1.807) is 0 Å². The molecule has 0 bridgehead atoms. The molecule has 1 fully saturated rings. The van der Waals surface area contributed by atoms with Crippen LogP contribution in [0.1, 0.15) is 31.2 Å². The number of hydrogen-bond acceptors (Lipinski definition) is 1. The Labute approximate surface area is 113 Å². The second-order valence-corrected chi connectivity index (χ2v) is 5.80. The summed E-state index contributed by atoms with van der Waals surface area (Å²) < 4.78 is 2.32. The van der Waals surface area contributed by atoms with E-state index in [-0.39, 0.29) is 0 Å². The normalized spacial score (nSPS) is 17.3. The van der Waals surface area contributed by atoms with Gasteiger partial charge >= 0.3 is 0 Å². The van der Waals surface area contributed by atoms with Crippen molar-refractivity contribution in [3.05, 3.63) is 29.6 Å². The van der Waals surface area contributed by atoms with E-state index in [1.807, 2.05) is 0 Å². The lowest BCUT2D eigenvalue weighted by atomic mass is 10.1. The first-order chi connectivity index (χ1) is 8.70. The van der Waals surface area contributed by atoms with Crippen LogP contribution in [0, 0.1) is 18.8 Å². The number of aryl methyl sites for hydroxylation is 1. The molecule has 0 amide bonds. The van der Waals surface area contributed by atoms with Crippen molar-refractivity contribution in [3.63, 3.8) is 0 Å². The van der Waals surface area contributed by atoms with Crippen LogP contribution in [0.25, 0.3) is 11.0 Å². The van der Waals surface area contributed by atoms with Gasteiger partial charge in [-0.2, -0.15) is 0 Å². The van der Waals surface area contributed by atoms with E-state index in [0.717, 1.165) is 29.7 Å². The fourth-order valence-electron chi connectivity index (χ4n) is 2.74. The van der Waals surface area contributed by atoms with Gasteiger partial charge in [0, 0.05) is 6.54 Å². The minimum atomic E-state index is 0.492. The smallest absolute Gasteiger partial charge is 0.124 e. The Balaban J connectivity index is 2.04. The quantitative estimate of drug-likeness (QED) is 0.758. The van der Waals surface area contributed by atoms with Gasteiger partial charge in [0.15, 0.2) is 0 Å². The Hall–Kier alpha value is -1.02. The van der Waals surface area contributed by atoms with Gasteiger partial charge in [-0.1, -0.05) is 19.1 Å². The number of nitrogens with zero attached hydrogens (tertiary/aromatic N) is 2. The van der Waals surface area contributed by atoms with Gasteiger partial charge in [-0.25, -0.2) is 4.98 Å². The highest BCUT2D eigenvalue weighted by atomic mass is 35.5. The van der Waals surface area contributed by atoms with Crippen molar-refractivity contribution in [2.75, 3.05) is 0 Å². The molecule has 1 saturated carbocycles. The fraction of sp³-hybridized carbons (Fsp3) is 0.533. The molecular formula is C15H19ClN2. The van der Waals surface area contributed by atoms with Crippen LogP contribution < -0.4 is 0 Å². The van der Waals surface area contributed by atoms with Gasteiger partial charge in [0.05, 0.1) is 16.9 Å². The number of benzene rings is 1. The Morgan fingerprint density at radius 3 is 2.89 bits per heavy atom. The standard InChI is InChI=1S/C15H19ClN2/c1-10-4-3-5-13-15(10)17-14(8-16)18(13)9-11(2)12-6-7-12/h3-5,11-12H,6-9H2,1-2H3. The predicted octanol–water partition coefficient (Wildman–Crippen LogP) is 4.13. The molecule has 96 valence electrons. The van der Waals surface area contributed by atoms with E-state index in [4.69, 9.17) is 16.6 Å². The van der Waals surface area contributed by atoms with Crippen LogP contribution in [-0.2, 0) is 12.4 Å². The zero-order chi connectivity index (χ0) is 12.7. The molecule has 1 aromatic carbocycles. The first kappa shape index (κ1) is 12.0. The molecule has 1 atom stereocenters. The molecule has 1 aromatic heterocycles. The van der Waals surface area contributed by atoms with Crippen LogP contribution in [0.3, 0.4) is 0 Å². The third-order valence-corrected chi connectivity index (χ3v) is 4.32. The molecule has 1 heterocycles. The lowest BCUT2D eigenvalue weighted by Crippen LogP contribution is -2.11. The Morgan fingerprint density at radius 2 is 2.22 bits per heavy atom. The summed E-state index contributed by atoms with van der Waals surface area (Å²) in [5, 5.41) is 0. The molecule has 1 aliphatic carbocycles. The zero-order valence-corrected chi connectivity index (χ0v) is 11.7. The highest BCUT2D eigenvalue weighted by molar-refractivity contribution is 6.16. The van der Waals surface area contributed by atoms with Crippen molar-refractivity contribution in [1.82, 2.24) is 9.55 Å². The van der Waals surface area contributed by atoms with E-state index >= 15 is 0 Å². The molecule has 1 unspecified atom stereocenters. The number of imidazole rings is 1. The Kier molecular flexibility index (Phi) is 3.06. The zero-order valence-electron chi connectivity index (χ0n) is 11.0. The molecule has 3 rings (SSSR count). The van der Waals surface area contributed by atoms with Crippen LogP contribution in [0.2, 0.25) is 0 Å². The molecule has 0 spiro atoms.